The first-order valence-corrected chi connectivity index (χ1v) is 3.82. The average Bonchev–Trinajstić information content (AvgIpc) is 2.07. The molecule has 0 aromatic rings. The van der Waals surface area contributed by atoms with Crippen molar-refractivity contribution in [1.82, 2.24) is 10.6 Å². The van der Waals surface area contributed by atoms with E-state index in [-0.39, 0.29) is 11.8 Å². The average molecular weight is 154 g/mol. The van der Waals surface area contributed by atoms with Crippen LogP contribution in [0, 0.1) is 5.41 Å². The topological polar surface area (TPSA) is 58.2 Å². The summed E-state index contributed by atoms with van der Waals surface area (Å²) in [4.78, 5) is 22.1. The van der Waals surface area contributed by atoms with E-state index in [9.17, 15) is 9.59 Å². The smallest absolute Gasteiger partial charge is 0.242 e. The first kappa shape index (κ1) is 6.79. The summed E-state index contributed by atoms with van der Waals surface area (Å²) in [5.74, 6) is -0.159. The summed E-state index contributed by atoms with van der Waals surface area (Å²) in [6.45, 7) is 1.55. The van der Waals surface area contributed by atoms with Gasteiger partial charge in [0.15, 0.2) is 0 Å². The van der Waals surface area contributed by atoms with Gasteiger partial charge in [0.1, 0.15) is 5.41 Å². The second kappa shape index (κ2) is 2.04. The fourth-order valence-electron chi connectivity index (χ4n) is 1.69. The Kier molecular flexibility index (Phi) is 1.26. The Balaban J connectivity index is 2.19. The minimum atomic E-state index is -0.634. The number of β-lactam (4-membered cyclic amide) rings is 2. The van der Waals surface area contributed by atoms with Crippen LogP contribution < -0.4 is 10.6 Å². The highest BCUT2D eigenvalue weighted by Crippen LogP contribution is 2.34. The van der Waals surface area contributed by atoms with Crippen molar-refractivity contribution < 1.29 is 9.59 Å². The highest BCUT2D eigenvalue weighted by atomic mass is 16.2. The normalized spacial score (nSPS) is 28.0. The van der Waals surface area contributed by atoms with Crippen molar-refractivity contribution in [2.24, 2.45) is 5.41 Å². The molecule has 1 spiro atoms. The third-order valence-corrected chi connectivity index (χ3v) is 2.55. The first-order valence-electron chi connectivity index (χ1n) is 3.82. The number of imide groups is 1. The zero-order valence-corrected chi connectivity index (χ0v) is 6.14. The van der Waals surface area contributed by atoms with Crippen LogP contribution in [-0.2, 0) is 9.59 Å². The zero-order valence-electron chi connectivity index (χ0n) is 6.14. The molecular weight excluding hydrogens is 144 g/mol. The predicted octanol–water partition coefficient (Wildman–Crippen LogP) is -0.987. The fraction of sp³-hybridized carbons (Fsp3) is 0.714. The fourth-order valence-corrected chi connectivity index (χ4v) is 1.69. The van der Waals surface area contributed by atoms with Gasteiger partial charge in [-0.2, -0.15) is 0 Å². The Morgan fingerprint density at radius 2 is 1.64 bits per heavy atom. The molecule has 0 aliphatic carbocycles. The van der Waals surface area contributed by atoms with E-state index in [0.717, 1.165) is 13.1 Å². The van der Waals surface area contributed by atoms with E-state index in [1.807, 2.05) is 0 Å². The zero-order chi connectivity index (χ0) is 7.90. The number of amides is 2. The molecule has 0 unspecified atom stereocenters. The molecule has 0 saturated carbocycles. The third-order valence-electron chi connectivity index (χ3n) is 2.55. The van der Waals surface area contributed by atoms with Gasteiger partial charge in [-0.1, -0.05) is 0 Å². The van der Waals surface area contributed by atoms with Crippen molar-refractivity contribution in [1.29, 1.82) is 0 Å². The van der Waals surface area contributed by atoms with E-state index in [1.165, 1.54) is 0 Å². The third kappa shape index (κ3) is 0.728. The van der Waals surface area contributed by atoms with Crippen LogP contribution in [0.15, 0.2) is 0 Å². The van der Waals surface area contributed by atoms with Crippen molar-refractivity contribution in [3.63, 3.8) is 0 Å². The molecule has 0 atom stereocenters. The van der Waals surface area contributed by atoms with Crippen LogP contribution in [0.2, 0.25) is 0 Å². The van der Waals surface area contributed by atoms with Gasteiger partial charge in [-0.15, -0.1) is 0 Å². The molecule has 4 nitrogen and oxygen atoms in total. The van der Waals surface area contributed by atoms with E-state index in [0.29, 0.717) is 12.8 Å². The lowest BCUT2D eigenvalue weighted by Crippen LogP contribution is -2.66. The molecule has 2 amide bonds. The molecule has 0 bridgehead atoms. The summed E-state index contributed by atoms with van der Waals surface area (Å²) < 4.78 is 0. The van der Waals surface area contributed by atoms with E-state index in [1.54, 1.807) is 0 Å². The molecule has 2 saturated heterocycles. The number of carbonyl (C=O) groups is 2. The Labute approximate surface area is 64.3 Å². The number of piperidine rings is 1. The lowest BCUT2D eigenvalue weighted by atomic mass is 9.72. The van der Waals surface area contributed by atoms with Crippen LogP contribution in [0.1, 0.15) is 12.8 Å². The van der Waals surface area contributed by atoms with E-state index in [4.69, 9.17) is 0 Å². The molecular formula is C7H10N2O2. The summed E-state index contributed by atoms with van der Waals surface area (Å²) in [6, 6.07) is 0. The van der Waals surface area contributed by atoms with Crippen LogP contribution >= 0.6 is 0 Å². The number of hydrogen-bond donors (Lipinski definition) is 2. The van der Waals surface area contributed by atoms with Gasteiger partial charge < -0.3 is 5.32 Å². The lowest BCUT2D eigenvalue weighted by Gasteiger charge is -2.41. The summed E-state index contributed by atoms with van der Waals surface area (Å²) in [7, 11) is 0. The maximum atomic E-state index is 11.1. The summed E-state index contributed by atoms with van der Waals surface area (Å²) in [6.07, 6.45) is 1.33. The Bertz CT molecular complexity index is 202. The molecule has 11 heavy (non-hydrogen) atoms. The second-order valence-corrected chi connectivity index (χ2v) is 3.12. The predicted molar refractivity (Wildman–Crippen MR) is 37.7 cm³/mol. The van der Waals surface area contributed by atoms with Crippen LogP contribution in [-0.4, -0.2) is 24.9 Å². The largest absolute Gasteiger partial charge is 0.317 e. The molecule has 2 aliphatic heterocycles. The molecule has 2 aliphatic rings. The molecule has 0 radical (unpaired) electrons. The number of nitrogens with one attached hydrogen (secondary N) is 2. The molecule has 2 rings (SSSR count). The number of rotatable bonds is 0. The van der Waals surface area contributed by atoms with E-state index in [2.05, 4.69) is 10.6 Å². The van der Waals surface area contributed by atoms with Crippen LogP contribution in [0.3, 0.4) is 0 Å². The molecule has 2 N–H and O–H groups in total. The van der Waals surface area contributed by atoms with Gasteiger partial charge in [0.05, 0.1) is 0 Å². The molecule has 60 valence electrons. The van der Waals surface area contributed by atoms with Crippen molar-refractivity contribution in [3.05, 3.63) is 0 Å². The van der Waals surface area contributed by atoms with Gasteiger partial charge in [0.2, 0.25) is 11.8 Å². The minimum absolute atomic E-state index is 0.0796. The molecule has 4 heteroatoms. The van der Waals surface area contributed by atoms with Gasteiger partial charge in [-0.05, 0) is 25.9 Å². The molecule has 2 heterocycles. The van der Waals surface area contributed by atoms with Crippen LogP contribution in [0.4, 0.5) is 0 Å². The van der Waals surface area contributed by atoms with Crippen LogP contribution in [0.25, 0.3) is 0 Å². The van der Waals surface area contributed by atoms with E-state index < -0.39 is 5.41 Å². The minimum Gasteiger partial charge on any atom is -0.317 e. The van der Waals surface area contributed by atoms with Crippen molar-refractivity contribution in [2.75, 3.05) is 13.1 Å². The van der Waals surface area contributed by atoms with Gasteiger partial charge in [-0.3, -0.25) is 14.9 Å². The first-order chi connectivity index (χ1) is 5.26. The number of hydrogen-bond acceptors (Lipinski definition) is 3. The van der Waals surface area contributed by atoms with Crippen molar-refractivity contribution in [2.45, 2.75) is 12.8 Å². The van der Waals surface area contributed by atoms with Crippen LogP contribution in [0.5, 0.6) is 0 Å². The lowest BCUT2D eigenvalue weighted by molar-refractivity contribution is -0.159. The standard InChI is InChI=1S/C7H10N2O2/c10-5-7(6(11)9-5)1-3-8-4-2-7/h8H,1-4H2,(H,9,10,11). The summed E-state index contributed by atoms with van der Waals surface area (Å²) in [5, 5.41) is 5.38. The second-order valence-electron chi connectivity index (χ2n) is 3.12. The Morgan fingerprint density at radius 1 is 1.09 bits per heavy atom. The monoisotopic (exact) mass is 154 g/mol. The quantitative estimate of drug-likeness (QED) is 0.348. The molecule has 0 aromatic heterocycles. The van der Waals surface area contributed by atoms with Gasteiger partial charge >= 0.3 is 0 Å². The van der Waals surface area contributed by atoms with Gasteiger partial charge in [0.25, 0.3) is 0 Å². The van der Waals surface area contributed by atoms with Gasteiger partial charge in [0, 0.05) is 0 Å². The highest BCUT2D eigenvalue weighted by Gasteiger charge is 2.54. The van der Waals surface area contributed by atoms with Gasteiger partial charge in [-0.25, -0.2) is 0 Å². The van der Waals surface area contributed by atoms with E-state index >= 15 is 0 Å². The summed E-state index contributed by atoms with van der Waals surface area (Å²) >= 11 is 0. The molecule has 2 fully saturated rings. The number of carbonyl (C=O) groups excluding carboxylic acids is 2. The molecule has 0 aromatic carbocycles. The maximum absolute atomic E-state index is 11.1. The van der Waals surface area contributed by atoms with Crippen molar-refractivity contribution in [3.8, 4) is 0 Å². The van der Waals surface area contributed by atoms with Crippen molar-refractivity contribution >= 4 is 11.8 Å². The Hall–Kier alpha value is -0.900. The summed E-state index contributed by atoms with van der Waals surface area (Å²) in [5.41, 5.74) is -0.634. The SMILES string of the molecule is O=C1NC(=O)C12CCNCC2. The Morgan fingerprint density at radius 3 is 2.00 bits per heavy atom. The highest BCUT2D eigenvalue weighted by molar-refractivity contribution is 6.21. The maximum Gasteiger partial charge on any atom is 0.242 e.